The summed E-state index contributed by atoms with van der Waals surface area (Å²) in [6, 6.07) is 0. The van der Waals surface area contributed by atoms with Crippen molar-refractivity contribution in [2.75, 3.05) is 7.05 Å². The van der Waals surface area contributed by atoms with Crippen molar-refractivity contribution < 1.29 is 19.4 Å². The van der Waals surface area contributed by atoms with Crippen LogP contribution in [0.4, 0.5) is 4.79 Å². The van der Waals surface area contributed by atoms with Crippen molar-refractivity contribution in [2.45, 2.75) is 51.7 Å². The number of nitrogens with one attached hydrogen (secondary N) is 1. The molecule has 7 heteroatoms. The van der Waals surface area contributed by atoms with Crippen molar-refractivity contribution >= 4 is 17.9 Å². The molecular weight excluding hydrogens is 250 g/mol. The Morgan fingerprint density at radius 2 is 1.74 bits per heavy atom. The summed E-state index contributed by atoms with van der Waals surface area (Å²) in [6.07, 6.45) is 1.08. The van der Waals surface area contributed by atoms with Gasteiger partial charge in [0.2, 0.25) is 0 Å². The molecule has 4 N–H and O–H groups in total. The Kier molecular flexibility index (Phi) is 5.34. The fourth-order valence-corrected chi connectivity index (χ4v) is 1.41. The van der Waals surface area contributed by atoms with Gasteiger partial charge in [-0.15, -0.1) is 0 Å². The fourth-order valence-electron chi connectivity index (χ4n) is 1.41. The molecule has 1 amide bonds. The van der Waals surface area contributed by atoms with E-state index in [1.165, 1.54) is 4.90 Å². The molecule has 0 heterocycles. The lowest BCUT2D eigenvalue weighted by molar-refractivity contribution is -0.134. The molecule has 110 valence electrons. The third-order valence-electron chi connectivity index (χ3n) is 2.53. The number of carboxylic acids is 1. The molecule has 1 rings (SSSR count). The molecular formula is C12H23N3O4. The molecule has 1 aliphatic carbocycles. The first-order valence-corrected chi connectivity index (χ1v) is 5.93. The van der Waals surface area contributed by atoms with Crippen LogP contribution in [0.15, 0.2) is 0 Å². The lowest BCUT2D eigenvalue weighted by Crippen LogP contribution is -2.49. The Morgan fingerprint density at radius 3 is 1.95 bits per heavy atom. The zero-order chi connectivity index (χ0) is 15.4. The molecule has 1 fully saturated rings. The zero-order valence-electron chi connectivity index (χ0n) is 12.1. The van der Waals surface area contributed by atoms with Gasteiger partial charge in [-0.25, -0.2) is 4.79 Å². The Balaban J connectivity index is 0.000000711. The van der Waals surface area contributed by atoms with Crippen LogP contribution in [0.1, 0.15) is 40.5 Å². The average molecular weight is 273 g/mol. The molecule has 0 spiro atoms. The van der Waals surface area contributed by atoms with E-state index < -0.39 is 23.2 Å². The highest BCUT2D eigenvalue weighted by molar-refractivity contribution is 5.93. The molecule has 0 bridgehead atoms. The maximum atomic E-state index is 11.7. The van der Waals surface area contributed by atoms with Crippen LogP contribution in [0, 0.1) is 5.41 Å². The van der Waals surface area contributed by atoms with Gasteiger partial charge in [-0.2, -0.15) is 0 Å². The summed E-state index contributed by atoms with van der Waals surface area (Å²) in [5.74, 6) is -0.796. The summed E-state index contributed by atoms with van der Waals surface area (Å²) in [6.45, 7) is 6.52. The highest BCUT2D eigenvalue weighted by atomic mass is 16.6. The van der Waals surface area contributed by atoms with E-state index in [0.717, 1.165) is 19.8 Å². The van der Waals surface area contributed by atoms with Crippen LogP contribution in [-0.2, 0) is 9.53 Å². The molecule has 0 atom stereocenters. The number of amides is 1. The van der Waals surface area contributed by atoms with Crippen molar-refractivity contribution in [3.8, 4) is 0 Å². The van der Waals surface area contributed by atoms with Gasteiger partial charge >= 0.3 is 6.09 Å². The summed E-state index contributed by atoms with van der Waals surface area (Å²) in [4.78, 5) is 22.1. The zero-order valence-corrected chi connectivity index (χ0v) is 12.1. The van der Waals surface area contributed by atoms with E-state index in [1.54, 1.807) is 7.05 Å². The molecule has 0 unspecified atom stereocenters. The van der Waals surface area contributed by atoms with E-state index in [0.29, 0.717) is 0 Å². The van der Waals surface area contributed by atoms with Gasteiger partial charge in [0.15, 0.2) is 0 Å². The molecule has 0 saturated heterocycles. The molecule has 0 aliphatic heterocycles. The van der Waals surface area contributed by atoms with Crippen LogP contribution in [0.3, 0.4) is 0 Å². The number of nitrogens with zero attached hydrogens (tertiary/aromatic N) is 1. The summed E-state index contributed by atoms with van der Waals surface area (Å²) in [5, 5.41) is 14.9. The minimum atomic E-state index is -0.833. The fraction of sp³-hybridized carbons (Fsp3) is 0.750. The SMILES string of the molecule is CC(=O)O.CN(C(=O)OC(C)(C)C)C1(C(=N)N)CC1. The standard InChI is InChI=1S/C10H19N3O2.C2H4O2/c1-9(2,3)15-8(14)13(4)10(5-6-10)7(11)12;1-2(3)4/h5-6H2,1-4H3,(H3,11,12);1H3,(H,3,4). The summed E-state index contributed by atoms with van der Waals surface area (Å²) in [7, 11) is 1.63. The smallest absolute Gasteiger partial charge is 0.410 e. The predicted molar refractivity (Wildman–Crippen MR) is 71.2 cm³/mol. The first kappa shape index (κ1) is 17.2. The molecule has 1 aliphatic rings. The van der Waals surface area contributed by atoms with E-state index >= 15 is 0 Å². The second kappa shape index (κ2) is 5.90. The van der Waals surface area contributed by atoms with Crippen LogP contribution < -0.4 is 5.73 Å². The van der Waals surface area contributed by atoms with Crippen LogP contribution in [-0.4, -0.2) is 46.1 Å². The lowest BCUT2D eigenvalue weighted by atomic mass is 10.2. The lowest BCUT2D eigenvalue weighted by Gasteiger charge is -2.30. The Bertz CT molecular complexity index is 366. The van der Waals surface area contributed by atoms with Crippen molar-refractivity contribution in [1.29, 1.82) is 5.41 Å². The van der Waals surface area contributed by atoms with E-state index in [2.05, 4.69) is 0 Å². The van der Waals surface area contributed by atoms with Gasteiger partial charge in [0, 0.05) is 14.0 Å². The second-order valence-electron chi connectivity index (χ2n) is 5.50. The van der Waals surface area contributed by atoms with Crippen LogP contribution >= 0.6 is 0 Å². The number of ether oxygens (including phenoxy) is 1. The number of carbonyl (C=O) groups is 2. The van der Waals surface area contributed by atoms with Crippen molar-refractivity contribution in [1.82, 2.24) is 4.90 Å². The molecule has 0 radical (unpaired) electrons. The van der Waals surface area contributed by atoms with Gasteiger partial charge in [-0.1, -0.05) is 0 Å². The van der Waals surface area contributed by atoms with Gasteiger partial charge in [0.05, 0.1) is 0 Å². The summed E-state index contributed by atoms with van der Waals surface area (Å²) in [5.41, 5.74) is 4.37. The second-order valence-corrected chi connectivity index (χ2v) is 5.50. The number of aliphatic carboxylic acids is 1. The maximum Gasteiger partial charge on any atom is 0.410 e. The van der Waals surface area contributed by atoms with Gasteiger partial charge in [0.1, 0.15) is 17.0 Å². The molecule has 0 aromatic heterocycles. The van der Waals surface area contributed by atoms with Gasteiger partial charge in [0.25, 0.3) is 5.97 Å². The minimum Gasteiger partial charge on any atom is -0.481 e. The van der Waals surface area contributed by atoms with E-state index in [9.17, 15) is 4.79 Å². The number of hydrogen-bond donors (Lipinski definition) is 3. The molecule has 1 saturated carbocycles. The Labute approximate surface area is 113 Å². The number of carboxylic acid groups (broad SMARTS) is 1. The average Bonchev–Trinajstić information content (AvgIpc) is 2.93. The monoisotopic (exact) mass is 273 g/mol. The first-order valence-electron chi connectivity index (χ1n) is 5.93. The molecule has 0 aromatic rings. The molecule has 19 heavy (non-hydrogen) atoms. The Hall–Kier alpha value is -1.79. The van der Waals surface area contributed by atoms with Crippen molar-refractivity contribution in [2.24, 2.45) is 5.73 Å². The van der Waals surface area contributed by atoms with Gasteiger partial charge < -0.3 is 15.6 Å². The van der Waals surface area contributed by atoms with Crippen LogP contribution in [0.25, 0.3) is 0 Å². The number of nitrogens with two attached hydrogens (primary N) is 1. The van der Waals surface area contributed by atoms with E-state index in [4.69, 9.17) is 25.8 Å². The molecule has 0 aromatic carbocycles. The van der Waals surface area contributed by atoms with Crippen molar-refractivity contribution in [3.05, 3.63) is 0 Å². The summed E-state index contributed by atoms with van der Waals surface area (Å²) >= 11 is 0. The third kappa shape index (κ3) is 5.58. The van der Waals surface area contributed by atoms with Gasteiger partial charge in [-0.05, 0) is 33.6 Å². The number of rotatable bonds is 2. The van der Waals surface area contributed by atoms with E-state index in [1.807, 2.05) is 20.8 Å². The third-order valence-corrected chi connectivity index (χ3v) is 2.53. The number of amidine groups is 1. The van der Waals surface area contributed by atoms with E-state index in [-0.39, 0.29) is 5.84 Å². The largest absolute Gasteiger partial charge is 0.481 e. The van der Waals surface area contributed by atoms with Gasteiger partial charge in [-0.3, -0.25) is 15.1 Å². The number of likely N-dealkylation sites (N-methyl/N-ethyl adjacent to an activating group) is 1. The maximum absolute atomic E-state index is 11.7. The first-order chi connectivity index (χ1) is 8.42. The van der Waals surface area contributed by atoms with Crippen LogP contribution in [0.5, 0.6) is 0 Å². The van der Waals surface area contributed by atoms with Crippen molar-refractivity contribution in [3.63, 3.8) is 0 Å². The Morgan fingerprint density at radius 1 is 1.37 bits per heavy atom. The van der Waals surface area contributed by atoms with Crippen LogP contribution in [0.2, 0.25) is 0 Å². The number of hydrogen-bond acceptors (Lipinski definition) is 4. The normalized spacial score (nSPS) is 15.6. The molecule has 7 nitrogen and oxygen atoms in total. The minimum absolute atomic E-state index is 0.0378. The highest BCUT2D eigenvalue weighted by Crippen LogP contribution is 2.41. The predicted octanol–water partition coefficient (Wildman–Crippen LogP) is 1.41. The summed E-state index contributed by atoms with van der Waals surface area (Å²) < 4.78 is 5.21. The highest BCUT2D eigenvalue weighted by Gasteiger charge is 2.52. The number of carbonyl (C=O) groups excluding carboxylic acids is 1. The topological polar surface area (TPSA) is 117 Å². The quantitative estimate of drug-likeness (QED) is 0.519.